The van der Waals surface area contributed by atoms with E-state index in [0.29, 0.717) is 12.5 Å². The first-order valence-electron chi connectivity index (χ1n) is 6.01. The van der Waals surface area contributed by atoms with Gasteiger partial charge in [0, 0.05) is 12.1 Å². The summed E-state index contributed by atoms with van der Waals surface area (Å²) in [5, 5.41) is 0. The first-order chi connectivity index (χ1) is 8.51. The number of carbonyl (C=O) groups is 1. The van der Waals surface area contributed by atoms with Crippen LogP contribution in [0, 0.1) is 12.8 Å². The van der Waals surface area contributed by atoms with Gasteiger partial charge < -0.3 is 9.64 Å². The molecule has 0 saturated carbocycles. The van der Waals surface area contributed by atoms with Gasteiger partial charge in [0.05, 0.1) is 12.8 Å². The number of ether oxygens (including phenoxy) is 1. The van der Waals surface area contributed by atoms with Gasteiger partial charge in [0.15, 0.2) is 0 Å². The summed E-state index contributed by atoms with van der Waals surface area (Å²) in [6, 6.07) is 5.69. The zero-order valence-electron chi connectivity index (χ0n) is 11.4. The fraction of sp³-hybridized carbons (Fsp3) is 0.500. The largest absolute Gasteiger partial charge is 0.496 e. The maximum Gasteiger partial charge on any atom is 0.241 e. The summed E-state index contributed by atoms with van der Waals surface area (Å²) in [6.07, 6.45) is 0. The van der Waals surface area contributed by atoms with Crippen molar-refractivity contribution in [2.75, 3.05) is 24.4 Å². The quantitative estimate of drug-likeness (QED) is 0.768. The molecule has 0 radical (unpaired) electrons. The molecule has 1 aromatic carbocycles. The van der Waals surface area contributed by atoms with E-state index in [-0.39, 0.29) is 11.8 Å². The molecule has 0 aliphatic heterocycles. The number of rotatable bonds is 5. The molecular formula is C14H20ClNO2. The van der Waals surface area contributed by atoms with E-state index in [9.17, 15) is 4.79 Å². The first-order valence-corrected chi connectivity index (χ1v) is 6.54. The van der Waals surface area contributed by atoms with Crippen molar-refractivity contribution in [3.05, 3.63) is 23.8 Å². The van der Waals surface area contributed by atoms with Crippen LogP contribution < -0.4 is 9.64 Å². The van der Waals surface area contributed by atoms with Crippen LogP contribution in [0.5, 0.6) is 5.75 Å². The summed E-state index contributed by atoms with van der Waals surface area (Å²) in [6.45, 7) is 6.75. The minimum atomic E-state index is -0.0817. The molecule has 4 heteroatoms. The summed E-state index contributed by atoms with van der Waals surface area (Å²) < 4.78 is 5.28. The summed E-state index contributed by atoms with van der Waals surface area (Å²) in [4.78, 5) is 13.7. The minimum Gasteiger partial charge on any atom is -0.496 e. The maximum absolute atomic E-state index is 12.0. The topological polar surface area (TPSA) is 29.5 Å². The first kappa shape index (κ1) is 14.8. The summed E-state index contributed by atoms with van der Waals surface area (Å²) in [5.74, 6) is 1.07. The van der Waals surface area contributed by atoms with Crippen LogP contribution in [0.3, 0.4) is 0 Å². The lowest BCUT2D eigenvalue weighted by atomic mass is 10.1. The van der Waals surface area contributed by atoms with E-state index >= 15 is 0 Å². The van der Waals surface area contributed by atoms with E-state index in [0.717, 1.165) is 17.0 Å². The van der Waals surface area contributed by atoms with Gasteiger partial charge in [-0.3, -0.25) is 4.79 Å². The Bertz CT molecular complexity index is 418. The fourth-order valence-corrected chi connectivity index (χ4v) is 2.03. The standard InChI is InChI=1S/C14H20ClNO2/c1-10(2)9-16(14(17)8-15)12-6-5-7-13(18-4)11(12)3/h5-7,10H,8-9H2,1-4H3. The SMILES string of the molecule is COc1cccc(N(CC(C)C)C(=O)CCl)c1C. The normalized spacial score (nSPS) is 10.6. The number of amides is 1. The Morgan fingerprint density at radius 3 is 2.61 bits per heavy atom. The molecule has 0 bridgehead atoms. The number of carbonyl (C=O) groups excluding carboxylic acids is 1. The van der Waals surface area contributed by atoms with Crippen LogP contribution in [0.4, 0.5) is 5.69 Å². The lowest BCUT2D eigenvalue weighted by molar-refractivity contribution is -0.116. The molecule has 0 aliphatic rings. The highest BCUT2D eigenvalue weighted by Gasteiger charge is 2.19. The van der Waals surface area contributed by atoms with Gasteiger partial charge in [0.1, 0.15) is 11.6 Å². The molecule has 0 aliphatic carbocycles. The molecule has 0 unspecified atom stereocenters. The molecule has 0 saturated heterocycles. The zero-order chi connectivity index (χ0) is 13.7. The molecular weight excluding hydrogens is 250 g/mol. The van der Waals surface area contributed by atoms with Gasteiger partial charge in [0.2, 0.25) is 5.91 Å². The third-order valence-electron chi connectivity index (χ3n) is 2.73. The average molecular weight is 270 g/mol. The number of halogens is 1. The predicted molar refractivity (Wildman–Crippen MR) is 75.6 cm³/mol. The van der Waals surface area contributed by atoms with Crippen LogP contribution in [0.15, 0.2) is 18.2 Å². The van der Waals surface area contributed by atoms with Crippen molar-refractivity contribution >= 4 is 23.2 Å². The van der Waals surface area contributed by atoms with Crippen molar-refractivity contribution in [3.63, 3.8) is 0 Å². The number of hydrogen-bond acceptors (Lipinski definition) is 2. The van der Waals surface area contributed by atoms with Crippen molar-refractivity contribution in [1.29, 1.82) is 0 Å². The van der Waals surface area contributed by atoms with Crippen LogP contribution in [-0.2, 0) is 4.79 Å². The Morgan fingerprint density at radius 1 is 1.44 bits per heavy atom. The Hall–Kier alpha value is -1.22. The molecule has 1 aromatic rings. The van der Waals surface area contributed by atoms with Crippen molar-refractivity contribution in [3.8, 4) is 5.75 Å². The molecule has 1 rings (SSSR count). The lowest BCUT2D eigenvalue weighted by Crippen LogP contribution is -2.35. The van der Waals surface area contributed by atoms with Gasteiger partial charge >= 0.3 is 0 Å². The Morgan fingerprint density at radius 2 is 2.11 bits per heavy atom. The molecule has 18 heavy (non-hydrogen) atoms. The predicted octanol–water partition coefficient (Wildman–Crippen LogP) is 3.23. The Labute approximate surface area is 114 Å². The molecule has 3 nitrogen and oxygen atoms in total. The monoisotopic (exact) mass is 269 g/mol. The molecule has 0 heterocycles. The average Bonchev–Trinajstić information content (AvgIpc) is 2.35. The summed E-state index contributed by atoms with van der Waals surface area (Å²) >= 11 is 5.68. The smallest absolute Gasteiger partial charge is 0.241 e. The van der Waals surface area contributed by atoms with Gasteiger partial charge in [0.25, 0.3) is 0 Å². The van der Waals surface area contributed by atoms with Crippen LogP contribution in [0.2, 0.25) is 0 Å². The molecule has 1 amide bonds. The van der Waals surface area contributed by atoms with E-state index < -0.39 is 0 Å². The van der Waals surface area contributed by atoms with E-state index in [1.165, 1.54) is 0 Å². The van der Waals surface area contributed by atoms with Gasteiger partial charge in [-0.25, -0.2) is 0 Å². The van der Waals surface area contributed by atoms with Gasteiger partial charge in [-0.1, -0.05) is 19.9 Å². The number of anilines is 1. The number of benzene rings is 1. The number of hydrogen-bond donors (Lipinski definition) is 0. The number of alkyl halides is 1. The highest BCUT2D eigenvalue weighted by atomic mass is 35.5. The van der Waals surface area contributed by atoms with E-state index in [1.54, 1.807) is 12.0 Å². The number of methoxy groups -OCH3 is 1. The number of nitrogens with zero attached hydrogens (tertiary/aromatic N) is 1. The second kappa shape index (κ2) is 6.64. The van der Waals surface area contributed by atoms with Crippen molar-refractivity contribution in [1.82, 2.24) is 0 Å². The highest BCUT2D eigenvalue weighted by Crippen LogP contribution is 2.29. The second-order valence-corrected chi connectivity index (χ2v) is 4.90. The Balaban J connectivity index is 3.16. The van der Waals surface area contributed by atoms with Crippen molar-refractivity contribution in [2.24, 2.45) is 5.92 Å². The highest BCUT2D eigenvalue weighted by molar-refractivity contribution is 6.29. The van der Waals surface area contributed by atoms with E-state index in [4.69, 9.17) is 16.3 Å². The summed E-state index contributed by atoms with van der Waals surface area (Å²) in [7, 11) is 1.63. The lowest BCUT2D eigenvalue weighted by Gasteiger charge is -2.26. The molecule has 0 atom stereocenters. The van der Waals surface area contributed by atoms with Crippen LogP contribution in [-0.4, -0.2) is 25.4 Å². The van der Waals surface area contributed by atoms with E-state index in [1.807, 2.05) is 25.1 Å². The van der Waals surface area contributed by atoms with Crippen molar-refractivity contribution in [2.45, 2.75) is 20.8 Å². The van der Waals surface area contributed by atoms with Crippen molar-refractivity contribution < 1.29 is 9.53 Å². The second-order valence-electron chi connectivity index (χ2n) is 4.64. The van der Waals surface area contributed by atoms with Crippen LogP contribution >= 0.6 is 11.6 Å². The van der Waals surface area contributed by atoms with Crippen LogP contribution in [0.1, 0.15) is 19.4 Å². The molecule has 0 fully saturated rings. The minimum absolute atomic E-state index is 0.0105. The zero-order valence-corrected chi connectivity index (χ0v) is 12.1. The van der Waals surface area contributed by atoms with Crippen LogP contribution in [0.25, 0.3) is 0 Å². The summed E-state index contributed by atoms with van der Waals surface area (Å²) in [5.41, 5.74) is 1.83. The third-order valence-corrected chi connectivity index (χ3v) is 2.96. The Kier molecular flexibility index (Phi) is 5.48. The molecule has 100 valence electrons. The van der Waals surface area contributed by atoms with Gasteiger partial charge in [-0.15, -0.1) is 11.6 Å². The fourth-order valence-electron chi connectivity index (χ4n) is 1.89. The molecule has 0 aromatic heterocycles. The molecule has 0 N–H and O–H groups in total. The van der Waals surface area contributed by atoms with E-state index in [2.05, 4.69) is 13.8 Å². The third kappa shape index (κ3) is 3.39. The van der Waals surface area contributed by atoms with Gasteiger partial charge in [-0.2, -0.15) is 0 Å². The van der Waals surface area contributed by atoms with Gasteiger partial charge in [-0.05, 0) is 25.0 Å². The molecule has 0 spiro atoms. The maximum atomic E-state index is 12.0.